The molecule has 1 heterocycles. The summed E-state index contributed by atoms with van der Waals surface area (Å²) in [6.45, 7) is 1.73. The Morgan fingerprint density at radius 3 is 2.74 bits per heavy atom. The first-order chi connectivity index (χ1) is 11.0. The maximum atomic E-state index is 11.7. The Morgan fingerprint density at radius 1 is 1.48 bits per heavy atom. The molecule has 0 saturated heterocycles. The van der Waals surface area contributed by atoms with Gasteiger partial charge in [-0.3, -0.25) is 19.7 Å². The Bertz CT molecular complexity index is 681. The van der Waals surface area contributed by atoms with Crippen molar-refractivity contribution >= 4 is 29.4 Å². The number of carbonyl (C=O) groups is 2. The van der Waals surface area contributed by atoms with Gasteiger partial charge in [0.15, 0.2) is 0 Å². The molecule has 1 aliphatic rings. The van der Waals surface area contributed by atoms with Crippen molar-refractivity contribution in [2.75, 3.05) is 0 Å². The third kappa shape index (κ3) is 4.43. The van der Waals surface area contributed by atoms with Gasteiger partial charge in [0.2, 0.25) is 11.8 Å². The van der Waals surface area contributed by atoms with E-state index in [1.54, 1.807) is 6.92 Å². The summed E-state index contributed by atoms with van der Waals surface area (Å²) in [6.07, 6.45) is 1.89. The van der Waals surface area contributed by atoms with Crippen LogP contribution < -0.4 is 10.9 Å². The lowest BCUT2D eigenvalue weighted by molar-refractivity contribution is -0.384. The zero-order chi connectivity index (χ0) is 16.8. The molecule has 1 unspecified atom stereocenters. The molecule has 0 bridgehead atoms. The summed E-state index contributed by atoms with van der Waals surface area (Å²) in [6, 6.07) is 5.75. The van der Waals surface area contributed by atoms with Crippen LogP contribution in [0.25, 0.3) is 0 Å². The van der Waals surface area contributed by atoms with Gasteiger partial charge >= 0.3 is 0 Å². The Kier molecular flexibility index (Phi) is 5.13. The number of nitrogens with zero attached hydrogens (tertiary/aromatic N) is 3. The van der Waals surface area contributed by atoms with Gasteiger partial charge in [-0.15, -0.1) is 0 Å². The van der Waals surface area contributed by atoms with Crippen LogP contribution in [-0.2, 0) is 9.59 Å². The summed E-state index contributed by atoms with van der Waals surface area (Å²) < 4.78 is 0. The first kappa shape index (κ1) is 16.3. The van der Waals surface area contributed by atoms with Gasteiger partial charge in [-0.1, -0.05) is 0 Å². The Labute approximate surface area is 131 Å². The van der Waals surface area contributed by atoms with Crippen molar-refractivity contribution in [1.29, 1.82) is 0 Å². The second kappa shape index (κ2) is 7.25. The van der Waals surface area contributed by atoms with E-state index in [2.05, 4.69) is 21.1 Å². The topological polar surface area (TPSA) is 126 Å². The summed E-state index contributed by atoms with van der Waals surface area (Å²) in [7, 11) is 0. The zero-order valence-electron chi connectivity index (χ0n) is 12.4. The molecule has 0 fully saturated rings. The lowest BCUT2D eigenvalue weighted by Crippen LogP contribution is -2.25. The predicted molar refractivity (Wildman–Crippen MR) is 82.8 cm³/mol. The number of nitrogens with one attached hydrogen (secondary N) is 2. The monoisotopic (exact) mass is 317 g/mol. The van der Waals surface area contributed by atoms with Crippen LogP contribution in [0.2, 0.25) is 0 Å². The highest BCUT2D eigenvalue weighted by Gasteiger charge is 2.26. The van der Waals surface area contributed by atoms with Gasteiger partial charge in [-0.25, -0.2) is 10.9 Å². The highest BCUT2D eigenvalue weighted by atomic mass is 16.6. The number of nitro benzene ring substituents is 1. The molecule has 120 valence electrons. The van der Waals surface area contributed by atoms with Gasteiger partial charge in [0, 0.05) is 24.3 Å². The number of hydrogen-bond donors (Lipinski definition) is 2. The van der Waals surface area contributed by atoms with E-state index in [1.165, 1.54) is 30.5 Å². The maximum absolute atomic E-state index is 11.7. The van der Waals surface area contributed by atoms with Gasteiger partial charge in [0.05, 0.1) is 17.1 Å². The van der Waals surface area contributed by atoms with E-state index in [4.69, 9.17) is 0 Å². The number of carbonyl (C=O) groups excluding carboxylic acids is 2. The third-order valence-corrected chi connectivity index (χ3v) is 3.33. The fourth-order valence-corrected chi connectivity index (χ4v) is 2.02. The minimum atomic E-state index is -0.493. The van der Waals surface area contributed by atoms with E-state index in [-0.39, 0.29) is 29.8 Å². The molecule has 0 spiro atoms. The van der Waals surface area contributed by atoms with Crippen molar-refractivity contribution in [3.63, 3.8) is 0 Å². The molecule has 0 aromatic heterocycles. The SMILES string of the molecule is CC1=NNC(=O)C1CCC(=O)NN=Cc1ccc([N+](=O)[O-])cc1. The molecule has 0 aliphatic carbocycles. The number of benzene rings is 1. The number of non-ortho nitro benzene ring substituents is 1. The van der Waals surface area contributed by atoms with Crippen LogP contribution >= 0.6 is 0 Å². The highest BCUT2D eigenvalue weighted by Crippen LogP contribution is 2.13. The Morgan fingerprint density at radius 2 is 2.17 bits per heavy atom. The summed E-state index contributed by atoms with van der Waals surface area (Å²) in [5.41, 5.74) is 5.98. The summed E-state index contributed by atoms with van der Waals surface area (Å²) >= 11 is 0. The molecule has 9 heteroatoms. The normalized spacial score (nSPS) is 17.0. The lowest BCUT2D eigenvalue weighted by atomic mass is 9.99. The average molecular weight is 317 g/mol. The van der Waals surface area contributed by atoms with Crippen molar-refractivity contribution in [2.45, 2.75) is 19.8 Å². The molecule has 2 N–H and O–H groups in total. The second-order valence-electron chi connectivity index (χ2n) is 4.96. The molecule has 2 amide bonds. The largest absolute Gasteiger partial charge is 0.273 e. The Hall–Kier alpha value is -3.10. The zero-order valence-corrected chi connectivity index (χ0v) is 12.4. The summed E-state index contributed by atoms with van der Waals surface area (Å²) in [4.78, 5) is 33.1. The van der Waals surface area contributed by atoms with Gasteiger partial charge in [0.25, 0.3) is 5.69 Å². The van der Waals surface area contributed by atoms with Crippen LogP contribution in [0.3, 0.4) is 0 Å². The summed E-state index contributed by atoms with van der Waals surface area (Å²) in [5, 5.41) is 18.1. The number of rotatable bonds is 6. The van der Waals surface area contributed by atoms with Crippen molar-refractivity contribution in [2.24, 2.45) is 16.1 Å². The molecular formula is C14H15N5O4. The molecule has 23 heavy (non-hydrogen) atoms. The van der Waals surface area contributed by atoms with E-state index >= 15 is 0 Å². The first-order valence-electron chi connectivity index (χ1n) is 6.88. The fraction of sp³-hybridized carbons (Fsp3) is 0.286. The molecular weight excluding hydrogens is 302 g/mol. The molecule has 1 atom stereocenters. The van der Waals surface area contributed by atoms with Crippen LogP contribution in [0.5, 0.6) is 0 Å². The second-order valence-corrected chi connectivity index (χ2v) is 4.96. The van der Waals surface area contributed by atoms with Crippen LogP contribution in [0, 0.1) is 16.0 Å². The van der Waals surface area contributed by atoms with Crippen LogP contribution in [0.15, 0.2) is 34.5 Å². The number of amides is 2. The average Bonchev–Trinajstić information content (AvgIpc) is 2.84. The van der Waals surface area contributed by atoms with E-state index < -0.39 is 4.92 Å². The van der Waals surface area contributed by atoms with Crippen LogP contribution in [0.1, 0.15) is 25.3 Å². The minimum Gasteiger partial charge on any atom is -0.273 e. The number of nitro groups is 1. The number of hydrogen-bond acceptors (Lipinski definition) is 6. The maximum Gasteiger partial charge on any atom is 0.269 e. The quantitative estimate of drug-likeness (QED) is 0.460. The highest BCUT2D eigenvalue weighted by molar-refractivity contribution is 6.07. The standard InChI is InChI=1S/C14H15N5O4/c1-9-12(14(21)18-16-9)6-7-13(20)17-15-8-10-2-4-11(5-3-10)19(22)23/h2-5,8,12H,6-7H2,1H3,(H,17,20)(H,18,21). The van der Waals surface area contributed by atoms with E-state index in [9.17, 15) is 19.7 Å². The van der Waals surface area contributed by atoms with Gasteiger partial charge in [-0.2, -0.15) is 10.2 Å². The molecule has 1 aromatic rings. The van der Waals surface area contributed by atoms with Crippen molar-refractivity contribution in [3.8, 4) is 0 Å². The molecule has 0 radical (unpaired) electrons. The summed E-state index contributed by atoms with van der Waals surface area (Å²) in [5.74, 6) is -0.903. The smallest absolute Gasteiger partial charge is 0.269 e. The molecule has 1 aliphatic heterocycles. The molecule has 0 saturated carbocycles. The number of hydrazone groups is 2. The molecule has 1 aromatic carbocycles. The first-order valence-corrected chi connectivity index (χ1v) is 6.88. The fourth-order valence-electron chi connectivity index (χ4n) is 2.02. The third-order valence-electron chi connectivity index (χ3n) is 3.33. The van der Waals surface area contributed by atoms with Crippen LogP contribution in [0.4, 0.5) is 5.69 Å². The predicted octanol–water partition coefficient (Wildman–Crippen LogP) is 0.947. The van der Waals surface area contributed by atoms with Crippen molar-refractivity contribution < 1.29 is 14.5 Å². The van der Waals surface area contributed by atoms with E-state index in [0.717, 1.165) is 0 Å². The minimum absolute atomic E-state index is 0.0157. The molecule has 2 rings (SSSR count). The van der Waals surface area contributed by atoms with E-state index in [1.807, 2.05) is 0 Å². The molecule has 9 nitrogen and oxygen atoms in total. The Balaban J connectivity index is 1.78. The van der Waals surface area contributed by atoms with Crippen molar-refractivity contribution in [1.82, 2.24) is 10.9 Å². The van der Waals surface area contributed by atoms with Gasteiger partial charge < -0.3 is 0 Å². The van der Waals surface area contributed by atoms with Crippen LogP contribution in [-0.4, -0.2) is 28.7 Å². The van der Waals surface area contributed by atoms with Crippen molar-refractivity contribution in [3.05, 3.63) is 39.9 Å². The van der Waals surface area contributed by atoms with Gasteiger partial charge in [0.1, 0.15) is 0 Å². The van der Waals surface area contributed by atoms with E-state index in [0.29, 0.717) is 17.7 Å². The lowest BCUT2D eigenvalue weighted by Gasteiger charge is -2.06. The van der Waals surface area contributed by atoms with Gasteiger partial charge in [-0.05, 0) is 31.0 Å².